The summed E-state index contributed by atoms with van der Waals surface area (Å²) >= 11 is 0. The van der Waals surface area contributed by atoms with Gasteiger partial charge in [0.15, 0.2) is 0 Å². The molecule has 1 aliphatic rings. The zero-order chi connectivity index (χ0) is 14.1. The predicted octanol–water partition coefficient (Wildman–Crippen LogP) is 1.50. The van der Waals surface area contributed by atoms with Crippen molar-refractivity contribution in [1.29, 1.82) is 0 Å². The summed E-state index contributed by atoms with van der Waals surface area (Å²) in [6.45, 7) is 8.25. The highest BCUT2D eigenvalue weighted by Gasteiger charge is 2.39. The van der Waals surface area contributed by atoms with Gasteiger partial charge in [0.2, 0.25) is 0 Å². The first kappa shape index (κ1) is 16.4. The van der Waals surface area contributed by atoms with E-state index in [1.54, 1.807) is 0 Å². The van der Waals surface area contributed by atoms with Crippen molar-refractivity contribution >= 4 is 5.97 Å². The average Bonchev–Trinajstić information content (AvgIpc) is 3.17. The molecule has 1 rings (SSSR count). The molecule has 0 bridgehead atoms. The number of carbonyl (C=O) groups is 1. The Morgan fingerprint density at radius 3 is 2.47 bits per heavy atom. The van der Waals surface area contributed by atoms with Crippen LogP contribution in [0.2, 0.25) is 0 Å². The molecule has 5 heteroatoms. The minimum atomic E-state index is -0.748. The molecule has 0 aromatic rings. The van der Waals surface area contributed by atoms with E-state index in [0.29, 0.717) is 32.5 Å². The topological polar surface area (TPSA) is 56.8 Å². The molecule has 1 fully saturated rings. The SMILES string of the molecule is CCCOCCOCC(C)(NC1CC1)C(=O)OCC. The van der Waals surface area contributed by atoms with Gasteiger partial charge < -0.3 is 14.2 Å². The molecule has 5 nitrogen and oxygen atoms in total. The summed E-state index contributed by atoms with van der Waals surface area (Å²) in [6.07, 6.45) is 3.24. The van der Waals surface area contributed by atoms with Crippen LogP contribution in [0.15, 0.2) is 0 Å². The Morgan fingerprint density at radius 2 is 1.89 bits per heavy atom. The van der Waals surface area contributed by atoms with Crippen molar-refractivity contribution in [2.45, 2.75) is 51.6 Å². The van der Waals surface area contributed by atoms with Crippen molar-refractivity contribution in [3.8, 4) is 0 Å². The van der Waals surface area contributed by atoms with Crippen LogP contribution in [0.3, 0.4) is 0 Å². The summed E-state index contributed by atoms with van der Waals surface area (Å²) in [4.78, 5) is 12.0. The molecule has 0 aromatic heterocycles. The lowest BCUT2D eigenvalue weighted by atomic mass is 10.0. The third-order valence-electron chi connectivity index (χ3n) is 2.94. The molecule has 0 amide bonds. The van der Waals surface area contributed by atoms with Gasteiger partial charge >= 0.3 is 5.97 Å². The van der Waals surface area contributed by atoms with E-state index in [9.17, 15) is 4.79 Å². The minimum absolute atomic E-state index is 0.239. The van der Waals surface area contributed by atoms with Crippen LogP contribution in [-0.2, 0) is 19.0 Å². The van der Waals surface area contributed by atoms with Crippen LogP contribution in [0, 0.1) is 0 Å². The Morgan fingerprint density at radius 1 is 1.21 bits per heavy atom. The predicted molar refractivity (Wildman–Crippen MR) is 73.1 cm³/mol. The fourth-order valence-electron chi connectivity index (χ4n) is 1.77. The number of ether oxygens (including phenoxy) is 3. The summed E-state index contributed by atoms with van der Waals surface area (Å²) in [5.41, 5.74) is -0.748. The summed E-state index contributed by atoms with van der Waals surface area (Å²) in [7, 11) is 0. The van der Waals surface area contributed by atoms with E-state index in [1.165, 1.54) is 0 Å². The standard InChI is InChI=1S/C14H27NO4/c1-4-8-17-9-10-18-11-14(3,13(16)19-5-2)15-12-6-7-12/h12,15H,4-11H2,1-3H3. The highest BCUT2D eigenvalue weighted by Crippen LogP contribution is 2.23. The third kappa shape index (κ3) is 6.36. The minimum Gasteiger partial charge on any atom is -0.465 e. The van der Waals surface area contributed by atoms with E-state index < -0.39 is 5.54 Å². The van der Waals surface area contributed by atoms with Crippen molar-refractivity contribution in [2.24, 2.45) is 0 Å². The first-order valence-electron chi connectivity index (χ1n) is 7.22. The van der Waals surface area contributed by atoms with Crippen molar-refractivity contribution in [2.75, 3.05) is 33.0 Å². The number of esters is 1. The number of hydrogen-bond donors (Lipinski definition) is 1. The number of hydrogen-bond acceptors (Lipinski definition) is 5. The van der Waals surface area contributed by atoms with Crippen LogP contribution in [0.5, 0.6) is 0 Å². The van der Waals surface area contributed by atoms with Gasteiger partial charge in [-0.2, -0.15) is 0 Å². The second-order valence-corrected chi connectivity index (χ2v) is 5.14. The zero-order valence-corrected chi connectivity index (χ0v) is 12.4. The lowest BCUT2D eigenvalue weighted by Crippen LogP contribution is -2.55. The molecule has 1 saturated carbocycles. The molecule has 19 heavy (non-hydrogen) atoms. The van der Waals surface area contributed by atoms with Gasteiger partial charge in [-0.25, -0.2) is 4.79 Å². The van der Waals surface area contributed by atoms with Crippen molar-refractivity contribution in [1.82, 2.24) is 5.32 Å². The summed E-state index contributed by atoms with van der Waals surface area (Å²) in [5.74, 6) is -0.239. The van der Waals surface area contributed by atoms with Gasteiger partial charge in [-0.1, -0.05) is 6.92 Å². The second-order valence-electron chi connectivity index (χ2n) is 5.14. The van der Waals surface area contributed by atoms with E-state index in [4.69, 9.17) is 14.2 Å². The first-order valence-corrected chi connectivity index (χ1v) is 7.22. The van der Waals surface area contributed by atoms with Gasteiger partial charge in [0, 0.05) is 12.6 Å². The van der Waals surface area contributed by atoms with Crippen LogP contribution in [0.4, 0.5) is 0 Å². The molecule has 0 aliphatic heterocycles. The summed E-state index contributed by atoms with van der Waals surface area (Å²) in [6, 6.07) is 0.425. The van der Waals surface area contributed by atoms with E-state index in [2.05, 4.69) is 12.2 Å². The lowest BCUT2D eigenvalue weighted by molar-refractivity contribution is -0.153. The maximum Gasteiger partial charge on any atom is 0.328 e. The molecule has 112 valence electrons. The molecule has 1 atom stereocenters. The molecule has 0 saturated heterocycles. The second kappa shape index (κ2) is 8.51. The molecule has 0 spiro atoms. The lowest BCUT2D eigenvalue weighted by Gasteiger charge is -2.28. The molecule has 0 heterocycles. The Labute approximate surface area is 116 Å². The maximum atomic E-state index is 12.0. The Balaban J connectivity index is 2.29. The Bertz CT molecular complexity index is 268. The van der Waals surface area contributed by atoms with Crippen LogP contribution in [0.1, 0.15) is 40.0 Å². The monoisotopic (exact) mass is 273 g/mol. The van der Waals surface area contributed by atoms with Gasteiger partial charge in [-0.15, -0.1) is 0 Å². The molecular formula is C14H27NO4. The maximum absolute atomic E-state index is 12.0. The van der Waals surface area contributed by atoms with E-state index in [1.807, 2.05) is 13.8 Å². The highest BCUT2D eigenvalue weighted by atomic mass is 16.5. The highest BCUT2D eigenvalue weighted by molar-refractivity contribution is 5.80. The number of nitrogens with one attached hydrogen (secondary N) is 1. The van der Waals surface area contributed by atoms with E-state index >= 15 is 0 Å². The molecule has 1 aliphatic carbocycles. The molecule has 1 N–H and O–H groups in total. The first-order chi connectivity index (χ1) is 9.12. The van der Waals surface area contributed by atoms with Gasteiger partial charge in [-0.3, -0.25) is 5.32 Å². The van der Waals surface area contributed by atoms with Crippen LogP contribution < -0.4 is 5.32 Å². The smallest absolute Gasteiger partial charge is 0.328 e. The zero-order valence-electron chi connectivity index (χ0n) is 12.4. The average molecular weight is 273 g/mol. The van der Waals surface area contributed by atoms with Gasteiger partial charge in [-0.05, 0) is 33.1 Å². The van der Waals surface area contributed by atoms with Gasteiger partial charge in [0.25, 0.3) is 0 Å². The number of carbonyl (C=O) groups excluding carboxylic acids is 1. The molecule has 0 aromatic carbocycles. The third-order valence-corrected chi connectivity index (χ3v) is 2.94. The fraction of sp³-hybridized carbons (Fsp3) is 0.929. The van der Waals surface area contributed by atoms with Gasteiger partial charge in [0.05, 0.1) is 26.4 Å². The van der Waals surface area contributed by atoms with Gasteiger partial charge in [0.1, 0.15) is 5.54 Å². The van der Waals surface area contributed by atoms with E-state index in [-0.39, 0.29) is 5.97 Å². The van der Waals surface area contributed by atoms with Crippen molar-refractivity contribution < 1.29 is 19.0 Å². The van der Waals surface area contributed by atoms with Crippen LogP contribution >= 0.6 is 0 Å². The Kier molecular flexibility index (Phi) is 7.34. The fourth-order valence-corrected chi connectivity index (χ4v) is 1.77. The van der Waals surface area contributed by atoms with Crippen molar-refractivity contribution in [3.63, 3.8) is 0 Å². The summed E-state index contributed by atoms with van der Waals surface area (Å²) < 4.78 is 16.0. The quantitative estimate of drug-likeness (QED) is 0.457. The normalized spacial score (nSPS) is 18.1. The summed E-state index contributed by atoms with van der Waals surface area (Å²) in [5, 5.41) is 3.31. The largest absolute Gasteiger partial charge is 0.465 e. The Hall–Kier alpha value is -0.650. The van der Waals surface area contributed by atoms with Crippen molar-refractivity contribution in [3.05, 3.63) is 0 Å². The van der Waals surface area contributed by atoms with Crippen LogP contribution in [-0.4, -0.2) is 50.6 Å². The molecule has 0 radical (unpaired) electrons. The van der Waals surface area contributed by atoms with E-state index in [0.717, 1.165) is 25.9 Å². The van der Waals surface area contributed by atoms with Crippen LogP contribution in [0.25, 0.3) is 0 Å². The number of rotatable bonds is 11. The molecule has 1 unspecified atom stereocenters. The molecular weight excluding hydrogens is 246 g/mol.